The number of benzene rings is 2. The molecule has 2 aromatic carbocycles. The average molecular weight is 462 g/mol. The van der Waals surface area contributed by atoms with Crippen LogP contribution in [-0.2, 0) is 15.8 Å². The van der Waals surface area contributed by atoms with Gasteiger partial charge in [-0.2, -0.15) is 13.2 Å². The van der Waals surface area contributed by atoms with E-state index in [0.717, 1.165) is 29.0 Å². The van der Waals surface area contributed by atoms with Gasteiger partial charge in [-0.15, -0.1) is 0 Å². The van der Waals surface area contributed by atoms with Crippen molar-refractivity contribution < 1.29 is 37.4 Å². The SMILES string of the molecule is O=C(O)CC(=O)CC(O)/C=C/n1c(C(F)(F)F)nc(-c2ccc(F)cc2)c1-c1ccccc1. The number of nitrogens with zero attached hydrogens (tertiary/aromatic N) is 2. The minimum absolute atomic E-state index is 0.0369. The van der Waals surface area contributed by atoms with Gasteiger partial charge in [-0.25, -0.2) is 9.37 Å². The molecule has 0 bridgehead atoms. The third-order valence-electron chi connectivity index (χ3n) is 4.57. The first-order chi connectivity index (χ1) is 15.6. The van der Waals surface area contributed by atoms with Gasteiger partial charge >= 0.3 is 12.1 Å². The second-order valence-corrected chi connectivity index (χ2v) is 7.10. The molecule has 0 amide bonds. The third-order valence-corrected chi connectivity index (χ3v) is 4.57. The first-order valence-electron chi connectivity index (χ1n) is 9.67. The molecule has 6 nitrogen and oxygen atoms in total. The van der Waals surface area contributed by atoms with Gasteiger partial charge in [0.05, 0.1) is 17.5 Å². The molecular formula is C23H18F4N2O4. The number of aliphatic carboxylic acids is 1. The lowest BCUT2D eigenvalue weighted by atomic mass is 10.0. The molecule has 1 aromatic heterocycles. The van der Waals surface area contributed by atoms with Crippen molar-refractivity contribution in [2.24, 2.45) is 0 Å². The summed E-state index contributed by atoms with van der Waals surface area (Å²) in [6.45, 7) is 0. The largest absolute Gasteiger partial charge is 0.481 e. The Hall–Kier alpha value is -3.79. The first-order valence-corrected chi connectivity index (χ1v) is 9.67. The van der Waals surface area contributed by atoms with E-state index in [1.54, 1.807) is 30.3 Å². The summed E-state index contributed by atoms with van der Waals surface area (Å²) < 4.78 is 55.7. The number of aliphatic hydroxyl groups excluding tert-OH is 1. The van der Waals surface area contributed by atoms with Crippen LogP contribution >= 0.6 is 0 Å². The van der Waals surface area contributed by atoms with E-state index in [1.165, 1.54) is 12.1 Å². The maximum atomic E-state index is 13.9. The van der Waals surface area contributed by atoms with Crippen LogP contribution in [0.15, 0.2) is 60.7 Å². The molecule has 3 rings (SSSR count). The van der Waals surface area contributed by atoms with Crippen molar-refractivity contribution in [2.45, 2.75) is 25.1 Å². The fourth-order valence-electron chi connectivity index (χ4n) is 3.19. The predicted octanol–water partition coefficient (Wildman–Crippen LogP) is 4.64. The van der Waals surface area contributed by atoms with Crippen molar-refractivity contribution in [1.82, 2.24) is 9.55 Å². The van der Waals surface area contributed by atoms with E-state index in [-0.39, 0.29) is 17.0 Å². The quantitative estimate of drug-likeness (QED) is 0.376. The Kier molecular flexibility index (Phi) is 7.07. The molecule has 172 valence electrons. The number of alkyl halides is 3. The molecule has 0 radical (unpaired) electrons. The number of ketones is 1. The maximum absolute atomic E-state index is 13.9. The fourth-order valence-corrected chi connectivity index (χ4v) is 3.19. The van der Waals surface area contributed by atoms with Gasteiger partial charge in [-0.3, -0.25) is 14.2 Å². The number of aliphatic hydroxyl groups is 1. The number of hydrogen-bond donors (Lipinski definition) is 2. The Morgan fingerprint density at radius 1 is 1.03 bits per heavy atom. The topological polar surface area (TPSA) is 92.4 Å². The molecule has 1 unspecified atom stereocenters. The van der Waals surface area contributed by atoms with Gasteiger partial charge in [0.2, 0.25) is 5.82 Å². The number of carboxylic acids is 1. The van der Waals surface area contributed by atoms with E-state index in [1.807, 2.05) is 0 Å². The molecular weight excluding hydrogens is 444 g/mol. The highest BCUT2D eigenvalue weighted by atomic mass is 19.4. The Labute approximate surface area is 185 Å². The van der Waals surface area contributed by atoms with Crippen LogP contribution in [0.4, 0.5) is 17.6 Å². The summed E-state index contributed by atoms with van der Waals surface area (Å²) in [7, 11) is 0. The average Bonchev–Trinajstić information content (AvgIpc) is 3.13. The number of carbonyl (C=O) groups is 2. The molecule has 0 aliphatic carbocycles. The molecule has 2 N–H and O–H groups in total. The normalized spacial score (nSPS) is 12.8. The molecule has 1 atom stereocenters. The summed E-state index contributed by atoms with van der Waals surface area (Å²) in [5, 5.41) is 18.7. The van der Waals surface area contributed by atoms with Gasteiger partial charge in [-0.05, 0) is 30.3 Å². The van der Waals surface area contributed by atoms with Crippen molar-refractivity contribution in [2.75, 3.05) is 0 Å². The summed E-state index contributed by atoms with van der Waals surface area (Å²) in [6, 6.07) is 12.9. The van der Waals surface area contributed by atoms with Crippen LogP contribution in [-0.4, -0.2) is 37.6 Å². The van der Waals surface area contributed by atoms with E-state index in [0.29, 0.717) is 5.56 Å². The van der Waals surface area contributed by atoms with Gasteiger partial charge in [0.25, 0.3) is 0 Å². The third kappa shape index (κ3) is 5.92. The fraction of sp³-hybridized carbons (Fsp3) is 0.174. The Bertz CT molecular complexity index is 1170. The lowest BCUT2D eigenvalue weighted by molar-refractivity contribution is -0.145. The highest BCUT2D eigenvalue weighted by Crippen LogP contribution is 2.39. The number of carboxylic acid groups (broad SMARTS) is 1. The molecule has 3 aromatic rings. The Morgan fingerprint density at radius 2 is 1.67 bits per heavy atom. The van der Waals surface area contributed by atoms with E-state index in [4.69, 9.17) is 5.11 Å². The second kappa shape index (κ2) is 9.78. The zero-order chi connectivity index (χ0) is 24.2. The van der Waals surface area contributed by atoms with E-state index >= 15 is 0 Å². The Balaban J connectivity index is 2.13. The lowest BCUT2D eigenvalue weighted by Gasteiger charge is -2.12. The van der Waals surface area contributed by atoms with Crippen molar-refractivity contribution in [3.05, 3.63) is 72.3 Å². The van der Waals surface area contributed by atoms with Gasteiger partial charge in [0.15, 0.2) is 0 Å². The molecule has 10 heteroatoms. The standard InChI is InChI=1S/C23H18F4N2O4/c24-16-8-6-14(7-9-16)20-21(15-4-2-1-3-5-15)29(22(28-20)23(25,26)27)11-10-17(30)12-18(31)13-19(32)33/h1-11,17,30H,12-13H2,(H,32,33)/b11-10+. The minimum atomic E-state index is -4.88. The highest BCUT2D eigenvalue weighted by Gasteiger charge is 2.39. The number of rotatable bonds is 8. The summed E-state index contributed by atoms with van der Waals surface area (Å²) in [4.78, 5) is 26.0. The predicted molar refractivity (Wildman–Crippen MR) is 111 cm³/mol. The number of hydrogen-bond acceptors (Lipinski definition) is 4. The monoisotopic (exact) mass is 462 g/mol. The Morgan fingerprint density at radius 3 is 2.24 bits per heavy atom. The summed E-state index contributed by atoms with van der Waals surface area (Å²) >= 11 is 0. The summed E-state index contributed by atoms with van der Waals surface area (Å²) in [5.74, 6) is -4.01. The molecule has 33 heavy (non-hydrogen) atoms. The van der Waals surface area contributed by atoms with Gasteiger partial charge in [0.1, 0.15) is 18.0 Å². The van der Waals surface area contributed by atoms with Gasteiger partial charge in [0, 0.05) is 23.7 Å². The summed E-state index contributed by atoms with van der Waals surface area (Å²) in [6.07, 6.45) is -5.89. The van der Waals surface area contributed by atoms with Crippen molar-refractivity contribution in [3.63, 3.8) is 0 Å². The molecule has 0 fully saturated rings. The van der Waals surface area contributed by atoms with E-state index < -0.39 is 48.5 Å². The van der Waals surface area contributed by atoms with Crippen molar-refractivity contribution in [1.29, 1.82) is 0 Å². The van der Waals surface area contributed by atoms with Crippen molar-refractivity contribution >= 4 is 18.0 Å². The lowest BCUT2D eigenvalue weighted by Crippen LogP contribution is -2.15. The van der Waals surface area contributed by atoms with E-state index in [9.17, 15) is 32.3 Å². The second-order valence-electron chi connectivity index (χ2n) is 7.10. The zero-order valence-corrected chi connectivity index (χ0v) is 17.0. The van der Waals surface area contributed by atoms with Crippen LogP contribution in [0.2, 0.25) is 0 Å². The molecule has 0 aliphatic rings. The van der Waals surface area contributed by atoms with Crippen LogP contribution in [0.1, 0.15) is 18.7 Å². The number of Topliss-reactive ketones (excluding diaryl/α,β-unsaturated/α-hetero) is 1. The molecule has 1 heterocycles. The van der Waals surface area contributed by atoms with Crippen LogP contribution in [0.25, 0.3) is 28.7 Å². The summed E-state index contributed by atoms with van der Waals surface area (Å²) in [5.41, 5.74) is 0.593. The minimum Gasteiger partial charge on any atom is -0.481 e. The number of imidazole rings is 1. The number of aromatic nitrogens is 2. The van der Waals surface area contributed by atoms with Gasteiger partial charge in [-0.1, -0.05) is 30.3 Å². The number of halogens is 4. The molecule has 0 saturated heterocycles. The maximum Gasteiger partial charge on any atom is 0.450 e. The van der Waals surface area contributed by atoms with Crippen molar-refractivity contribution in [3.8, 4) is 22.5 Å². The van der Waals surface area contributed by atoms with E-state index in [2.05, 4.69) is 4.98 Å². The van der Waals surface area contributed by atoms with Crippen LogP contribution in [0.5, 0.6) is 0 Å². The van der Waals surface area contributed by atoms with Crippen LogP contribution in [0, 0.1) is 5.82 Å². The van der Waals surface area contributed by atoms with Gasteiger partial charge < -0.3 is 10.2 Å². The molecule has 0 saturated carbocycles. The molecule has 0 spiro atoms. The first kappa shape index (κ1) is 23.9. The van der Waals surface area contributed by atoms with Crippen LogP contribution < -0.4 is 0 Å². The molecule has 0 aliphatic heterocycles. The van der Waals surface area contributed by atoms with Crippen LogP contribution in [0.3, 0.4) is 0 Å². The zero-order valence-electron chi connectivity index (χ0n) is 17.0. The smallest absolute Gasteiger partial charge is 0.450 e. The highest BCUT2D eigenvalue weighted by molar-refractivity contribution is 5.95. The number of carbonyl (C=O) groups excluding carboxylic acids is 1.